The first-order valence-electron chi connectivity index (χ1n) is 4.82. The summed E-state index contributed by atoms with van der Waals surface area (Å²) in [5.74, 6) is -4.27. The van der Waals surface area contributed by atoms with Crippen molar-refractivity contribution >= 4 is 29.1 Å². The highest BCUT2D eigenvalue weighted by molar-refractivity contribution is 6.03. The zero-order chi connectivity index (χ0) is 12.2. The second-order valence-electron chi connectivity index (χ2n) is 3.81. The zero-order valence-electron chi connectivity index (χ0n) is 9.73. The van der Waals surface area contributed by atoms with E-state index in [0.29, 0.717) is 0 Å². The van der Waals surface area contributed by atoms with Crippen molar-refractivity contribution in [2.45, 2.75) is 52.6 Å². The summed E-state index contributed by atoms with van der Waals surface area (Å²) in [5.41, 5.74) is 0. The molecule has 0 aliphatic rings. The minimum atomic E-state index is -2.18. The topological polar surface area (TPSA) is 72.8 Å². The number of carbonyl (C=O) groups excluding carboxylic acids is 1. The monoisotopic (exact) mass is 248 g/mol. The molecule has 0 rings (SSSR count). The summed E-state index contributed by atoms with van der Waals surface area (Å²) in [7, 11) is 0. The summed E-state index contributed by atoms with van der Waals surface area (Å²) in [6.45, 7) is 7.71. The fraction of sp³-hybridized carbons (Fsp3) is 0.800. The lowest BCUT2D eigenvalue weighted by Crippen LogP contribution is -2.53. The van der Waals surface area contributed by atoms with Crippen LogP contribution in [0, 0.1) is 0 Å². The van der Waals surface area contributed by atoms with Crippen molar-refractivity contribution < 1.29 is 24.2 Å². The molecule has 5 nitrogen and oxygen atoms in total. The highest BCUT2D eigenvalue weighted by Gasteiger charge is 2.48. The number of ketones is 1. The van der Waals surface area contributed by atoms with Gasteiger partial charge in [0.15, 0.2) is 17.4 Å². The summed E-state index contributed by atoms with van der Waals surface area (Å²) in [6.07, 6.45) is -0.826. The predicted octanol–water partition coefficient (Wildman–Crippen LogP) is 0.0224. The van der Waals surface area contributed by atoms with Crippen molar-refractivity contribution in [1.29, 1.82) is 0 Å². The van der Waals surface area contributed by atoms with Crippen LogP contribution in [0.3, 0.4) is 0 Å². The lowest BCUT2D eigenvalue weighted by molar-refractivity contribution is -0.255. The maximum Gasteiger partial charge on any atom is 0.372 e. The van der Waals surface area contributed by atoms with Gasteiger partial charge in [0.05, 0.1) is 12.2 Å². The molecule has 1 N–H and O–H groups in total. The Bertz CT molecular complexity index is 224. The van der Waals surface area contributed by atoms with Crippen LogP contribution in [0.15, 0.2) is 0 Å². The van der Waals surface area contributed by atoms with Gasteiger partial charge in [-0.2, -0.15) is 0 Å². The van der Waals surface area contributed by atoms with E-state index in [9.17, 15) is 9.59 Å². The van der Waals surface area contributed by atoms with Crippen molar-refractivity contribution in [3.63, 3.8) is 0 Å². The Morgan fingerprint density at radius 1 is 1.06 bits per heavy atom. The molecule has 0 spiro atoms. The smallest absolute Gasteiger partial charge is 0.372 e. The standard InChI is InChI=1S/C10H18O5.Al.3H/c1-6(2)14-10(8(5)11,9(12)13)15-7(3)4;;;;/h6-7H,1-5H3,(H,12,13);;;;. The van der Waals surface area contributed by atoms with E-state index in [1.807, 2.05) is 0 Å². The van der Waals surface area contributed by atoms with Gasteiger partial charge in [0.25, 0.3) is 0 Å². The molecule has 0 saturated carbocycles. The molecule has 0 aliphatic heterocycles. The summed E-state index contributed by atoms with van der Waals surface area (Å²) < 4.78 is 10.2. The van der Waals surface area contributed by atoms with Gasteiger partial charge in [-0.25, -0.2) is 4.79 Å². The number of aliphatic carboxylic acids is 1. The first-order valence-corrected chi connectivity index (χ1v) is 4.82. The molecule has 0 fully saturated rings. The van der Waals surface area contributed by atoms with Crippen molar-refractivity contribution in [2.24, 2.45) is 0 Å². The fourth-order valence-electron chi connectivity index (χ4n) is 1.11. The highest BCUT2D eigenvalue weighted by atomic mass is 27.0. The molecule has 94 valence electrons. The Kier molecular flexibility index (Phi) is 7.89. The molecule has 0 radical (unpaired) electrons. The first-order chi connectivity index (χ1) is 6.72. The molecule has 0 saturated heterocycles. The number of carboxylic acids is 1. The van der Waals surface area contributed by atoms with Crippen molar-refractivity contribution in [3.8, 4) is 0 Å². The van der Waals surface area contributed by atoms with Crippen LogP contribution >= 0.6 is 0 Å². The molecular weight excluding hydrogens is 227 g/mol. The van der Waals surface area contributed by atoms with Crippen LogP contribution in [-0.2, 0) is 19.1 Å². The Hall–Kier alpha value is -0.408. The van der Waals surface area contributed by atoms with Crippen molar-refractivity contribution in [1.82, 2.24) is 0 Å². The Labute approximate surface area is 106 Å². The van der Waals surface area contributed by atoms with Crippen LogP contribution in [0.5, 0.6) is 0 Å². The summed E-state index contributed by atoms with van der Waals surface area (Å²) >= 11 is 0. The van der Waals surface area contributed by atoms with Gasteiger partial charge in [-0.05, 0) is 27.7 Å². The van der Waals surface area contributed by atoms with Gasteiger partial charge in [0.1, 0.15) is 0 Å². The normalized spacial score (nSPS) is 11.4. The number of rotatable bonds is 6. The minimum absolute atomic E-state index is 0. The molecule has 0 amide bonds. The van der Waals surface area contributed by atoms with E-state index >= 15 is 0 Å². The zero-order valence-corrected chi connectivity index (χ0v) is 9.73. The molecule has 0 bridgehead atoms. The average Bonchev–Trinajstić information content (AvgIpc) is 1.99. The van der Waals surface area contributed by atoms with Crippen LogP contribution in [0.1, 0.15) is 34.6 Å². The molecule has 0 aromatic rings. The van der Waals surface area contributed by atoms with Crippen LogP contribution in [0.4, 0.5) is 0 Å². The summed E-state index contributed by atoms with van der Waals surface area (Å²) in [6, 6.07) is 0. The Balaban J connectivity index is 0. The molecule has 0 aliphatic carbocycles. The molecule has 0 unspecified atom stereocenters. The Morgan fingerprint density at radius 2 is 1.38 bits per heavy atom. The Morgan fingerprint density at radius 3 is 1.50 bits per heavy atom. The maximum atomic E-state index is 11.3. The first kappa shape index (κ1) is 18.0. The van der Waals surface area contributed by atoms with Gasteiger partial charge in [-0.1, -0.05) is 0 Å². The van der Waals surface area contributed by atoms with E-state index in [2.05, 4.69) is 0 Å². The fourth-order valence-corrected chi connectivity index (χ4v) is 1.11. The van der Waals surface area contributed by atoms with E-state index in [-0.39, 0.29) is 17.4 Å². The van der Waals surface area contributed by atoms with E-state index in [4.69, 9.17) is 14.6 Å². The van der Waals surface area contributed by atoms with Crippen LogP contribution in [-0.4, -0.2) is 52.2 Å². The number of hydrogen-bond donors (Lipinski definition) is 1. The average molecular weight is 248 g/mol. The molecule has 0 heterocycles. The molecular formula is C10H21AlO5. The number of Topliss-reactive ketones (excluding diaryl/α,β-unsaturated/α-hetero) is 1. The van der Waals surface area contributed by atoms with Crippen molar-refractivity contribution in [2.75, 3.05) is 0 Å². The summed E-state index contributed by atoms with van der Waals surface area (Å²) in [5, 5.41) is 9.02. The molecule has 0 atom stereocenters. The predicted molar refractivity (Wildman–Crippen MR) is 63.4 cm³/mol. The second kappa shape index (κ2) is 7.02. The highest BCUT2D eigenvalue weighted by Crippen LogP contribution is 2.20. The van der Waals surface area contributed by atoms with E-state index in [0.717, 1.165) is 6.92 Å². The lowest BCUT2D eigenvalue weighted by Gasteiger charge is -2.30. The quantitative estimate of drug-likeness (QED) is 0.407. The van der Waals surface area contributed by atoms with Gasteiger partial charge >= 0.3 is 11.8 Å². The lowest BCUT2D eigenvalue weighted by atomic mass is 10.1. The number of ether oxygens (including phenoxy) is 2. The van der Waals surface area contributed by atoms with Crippen molar-refractivity contribution in [3.05, 3.63) is 0 Å². The van der Waals surface area contributed by atoms with E-state index in [1.165, 1.54) is 0 Å². The molecule has 6 heteroatoms. The van der Waals surface area contributed by atoms with Crippen LogP contribution < -0.4 is 0 Å². The van der Waals surface area contributed by atoms with Gasteiger partial charge in [0, 0.05) is 6.92 Å². The second-order valence-corrected chi connectivity index (χ2v) is 3.81. The SMILES string of the molecule is CC(=O)C(OC(C)C)(OC(C)C)C(=O)O.[AlH3]. The molecule has 0 aromatic carbocycles. The largest absolute Gasteiger partial charge is 0.477 e. The molecule has 0 aromatic heterocycles. The third-order valence-corrected chi connectivity index (χ3v) is 1.55. The summed E-state index contributed by atoms with van der Waals surface area (Å²) in [4.78, 5) is 22.4. The van der Waals surface area contributed by atoms with Gasteiger partial charge in [-0.3, -0.25) is 4.79 Å². The third kappa shape index (κ3) is 4.62. The van der Waals surface area contributed by atoms with Crippen LogP contribution in [0.25, 0.3) is 0 Å². The minimum Gasteiger partial charge on any atom is -0.477 e. The van der Waals surface area contributed by atoms with E-state index < -0.39 is 29.7 Å². The van der Waals surface area contributed by atoms with Gasteiger partial charge in [0.2, 0.25) is 5.78 Å². The molecule has 16 heavy (non-hydrogen) atoms. The third-order valence-electron chi connectivity index (χ3n) is 1.55. The van der Waals surface area contributed by atoms with Crippen LogP contribution in [0.2, 0.25) is 0 Å². The number of hydrogen-bond acceptors (Lipinski definition) is 4. The van der Waals surface area contributed by atoms with Gasteiger partial charge < -0.3 is 14.6 Å². The maximum absolute atomic E-state index is 11.3. The van der Waals surface area contributed by atoms with E-state index in [1.54, 1.807) is 27.7 Å². The number of carboxylic acid groups (broad SMARTS) is 1. The van der Waals surface area contributed by atoms with Gasteiger partial charge in [-0.15, -0.1) is 0 Å². The number of carbonyl (C=O) groups is 2.